The number of guanidine groups is 1. The zero-order chi connectivity index (χ0) is 16.0. The molecular formula is C15H25N3O2S2. The summed E-state index contributed by atoms with van der Waals surface area (Å²) in [5, 5.41) is 8.54. The molecule has 0 saturated carbocycles. The second kappa shape index (κ2) is 7.97. The Bertz CT molecular complexity index is 582. The average Bonchev–Trinajstić information content (AvgIpc) is 3.06. The molecule has 1 aliphatic heterocycles. The molecule has 2 rings (SSSR count). The third kappa shape index (κ3) is 5.61. The fourth-order valence-corrected chi connectivity index (χ4v) is 5.05. The lowest BCUT2D eigenvalue weighted by Gasteiger charge is -2.16. The minimum absolute atomic E-state index is 0.0181. The van der Waals surface area contributed by atoms with Gasteiger partial charge in [0.1, 0.15) is 0 Å². The third-order valence-corrected chi connectivity index (χ3v) is 6.27. The summed E-state index contributed by atoms with van der Waals surface area (Å²) in [6.07, 6.45) is 1.69. The minimum Gasteiger partial charge on any atom is -0.357 e. The van der Waals surface area contributed by atoms with Crippen molar-refractivity contribution < 1.29 is 8.42 Å². The molecule has 0 radical (unpaired) electrons. The maximum Gasteiger partial charge on any atom is 0.191 e. The highest BCUT2D eigenvalue weighted by Gasteiger charge is 2.28. The van der Waals surface area contributed by atoms with Crippen molar-refractivity contribution in [3.8, 4) is 0 Å². The number of sulfone groups is 1. The molecule has 1 saturated heterocycles. The molecule has 5 nitrogen and oxygen atoms in total. The number of rotatable bonds is 6. The molecule has 0 aromatic carbocycles. The van der Waals surface area contributed by atoms with E-state index in [2.05, 4.69) is 40.1 Å². The van der Waals surface area contributed by atoms with Gasteiger partial charge in [-0.3, -0.25) is 4.99 Å². The number of thiophene rings is 1. The van der Waals surface area contributed by atoms with Gasteiger partial charge in [-0.05, 0) is 37.1 Å². The molecule has 124 valence electrons. The molecule has 7 heteroatoms. The zero-order valence-corrected chi connectivity index (χ0v) is 14.8. The smallest absolute Gasteiger partial charge is 0.191 e. The molecule has 1 aromatic rings. The summed E-state index contributed by atoms with van der Waals surface area (Å²) in [7, 11) is -2.87. The van der Waals surface area contributed by atoms with E-state index in [9.17, 15) is 8.42 Å². The highest BCUT2D eigenvalue weighted by atomic mass is 32.2. The summed E-state index contributed by atoms with van der Waals surface area (Å²) in [6, 6.07) is 4.20. The molecule has 2 heterocycles. The number of aliphatic imine (C=N–C) groups is 1. The molecule has 22 heavy (non-hydrogen) atoms. The van der Waals surface area contributed by atoms with Crippen LogP contribution in [-0.4, -0.2) is 45.0 Å². The van der Waals surface area contributed by atoms with Crippen LogP contribution in [0.2, 0.25) is 0 Å². The minimum atomic E-state index is -2.87. The fraction of sp³-hybridized carbons (Fsp3) is 0.667. The van der Waals surface area contributed by atoms with Crippen molar-refractivity contribution in [3.05, 3.63) is 22.4 Å². The Morgan fingerprint density at radius 2 is 2.36 bits per heavy atom. The molecule has 1 aromatic heterocycles. The second-order valence-electron chi connectivity index (χ2n) is 5.85. The van der Waals surface area contributed by atoms with E-state index in [-0.39, 0.29) is 17.5 Å². The Balaban J connectivity index is 1.86. The summed E-state index contributed by atoms with van der Waals surface area (Å²) in [6.45, 7) is 5.70. The first kappa shape index (κ1) is 17.3. The Hall–Kier alpha value is -1.08. The van der Waals surface area contributed by atoms with Crippen LogP contribution in [0.25, 0.3) is 0 Å². The summed E-state index contributed by atoms with van der Waals surface area (Å²) in [5.74, 6) is 1.67. The van der Waals surface area contributed by atoms with Crippen LogP contribution in [0, 0.1) is 5.92 Å². The van der Waals surface area contributed by atoms with Gasteiger partial charge in [0, 0.05) is 24.0 Å². The first-order chi connectivity index (χ1) is 10.5. The van der Waals surface area contributed by atoms with Gasteiger partial charge in [-0.2, -0.15) is 0 Å². The third-order valence-electron chi connectivity index (χ3n) is 3.61. The first-order valence-electron chi connectivity index (χ1n) is 7.76. The van der Waals surface area contributed by atoms with Gasteiger partial charge in [-0.1, -0.05) is 13.0 Å². The highest BCUT2D eigenvalue weighted by molar-refractivity contribution is 7.91. The van der Waals surface area contributed by atoms with Crippen molar-refractivity contribution in [1.29, 1.82) is 0 Å². The first-order valence-corrected chi connectivity index (χ1v) is 10.5. The molecule has 0 aliphatic carbocycles. The lowest BCUT2D eigenvalue weighted by molar-refractivity contribution is 0.587. The van der Waals surface area contributed by atoms with Gasteiger partial charge in [0.05, 0.1) is 11.5 Å². The lowest BCUT2D eigenvalue weighted by atomic mass is 10.1. The van der Waals surface area contributed by atoms with Crippen LogP contribution in [0.15, 0.2) is 22.5 Å². The van der Waals surface area contributed by atoms with E-state index in [0.29, 0.717) is 12.3 Å². The zero-order valence-electron chi connectivity index (χ0n) is 13.2. The summed E-state index contributed by atoms with van der Waals surface area (Å²) >= 11 is 1.78. The van der Waals surface area contributed by atoms with Crippen LogP contribution in [0.4, 0.5) is 0 Å². The van der Waals surface area contributed by atoms with E-state index >= 15 is 0 Å². The van der Waals surface area contributed by atoms with Crippen LogP contribution >= 0.6 is 11.3 Å². The monoisotopic (exact) mass is 343 g/mol. The van der Waals surface area contributed by atoms with Gasteiger partial charge in [-0.15, -0.1) is 11.3 Å². The van der Waals surface area contributed by atoms with E-state index in [4.69, 9.17) is 0 Å². The van der Waals surface area contributed by atoms with Crippen LogP contribution in [0.1, 0.15) is 25.1 Å². The van der Waals surface area contributed by atoms with Crippen molar-refractivity contribution in [2.24, 2.45) is 10.9 Å². The van der Waals surface area contributed by atoms with Gasteiger partial charge in [0.2, 0.25) is 0 Å². The van der Waals surface area contributed by atoms with Crippen LogP contribution in [-0.2, 0) is 16.3 Å². The molecule has 1 aliphatic rings. The topological polar surface area (TPSA) is 70.6 Å². The summed E-state index contributed by atoms with van der Waals surface area (Å²) in [4.78, 5) is 5.99. The molecule has 2 N–H and O–H groups in total. The van der Waals surface area contributed by atoms with Gasteiger partial charge in [0.25, 0.3) is 0 Å². The number of hydrogen-bond acceptors (Lipinski definition) is 4. The normalized spacial score (nSPS) is 22.5. The SMILES string of the molecule is CCNC(=NCC(C)Cc1cccs1)NC1CCS(=O)(=O)C1. The molecule has 0 amide bonds. The summed E-state index contributed by atoms with van der Waals surface area (Å²) in [5.41, 5.74) is 0. The molecule has 2 atom stereocenters. The summed E-state index contributed by atoms with van der Waals surface area (Å²) < 4.78 is 23.1. The van der Waals surface area contributed by atoms with Crippen LogP contribution < -0.4 is 10.6 Å². The predicted octanol–water partition coefficient (Wildman–Crippen LogP) is 1.67. The van der Waals surface area contributed by atoms with Gasteiger partial charge in [-0.25, -0.2) is 8.42 Å². The van der Waals surface area contributed by atoms with Crippen LogP contribution in [0.3, 0.4) is 0 Å². The van der Waals surface area contributed by atoms with E-state index in [1.54, 1.807) is 11.3 Å². The molecule has 0 bridgehead atoms. The highest BCUT2D eigenvalue weighted by Crippen LogP contribution is 2.15. The maximum atomic E-state index is 11.5. The maximum absolute atomic E-state index is 11.5. The molecular weight excluding hydrogens is 318 g/mol. The average molecular weight is 344 g/mol. The Labute approximate surface area is 137 Å². The van der Waals surface area contributed by atoms with Gasteiger partial charge < -0.3 is 10.6 Å². The Morgan fingerprint density at radius 1 is 1.55 bits per heavy atom. The predicted molar refractivity (Wildman–Crippen MR) is 93.4 cm³/mol. The van der Waals surface area contributed by atoms with Crippen molar-refractivity contribution in [2.45, 2.75) is 32.7 Å². The second-order valence-corrected chi connectivity index (χ2v) is 9.11. The number of nitrogens with zero attached hydrogens (tertiary/aromatic N) is 1. The molecule has 1 fully saturated rings. The Morgan fingerprint density at radius 3 is 2.95 bits per heavy atom. The molecule has 2 unspecified atom stereocenters. The van der Waals surface area contributed by atoms with Crippen molar-refractivity contribution >= 4 is 27.1 Å². The Kier molecular flexibility index (Phi) is 6.26. The van der Waals surface area contributed by atoms with Gasteiger partial charge in [0.15, 0.2) is 15.8 Å². The van der Waals surface area contributed by atoms with Crippen LogP contribution in [0.5, 0.6) is 0 Å². The van der Waals surface area contributed by atoms with Gasteiger partial charge >= 0.3 is 0 Å². The van der Waals surface area contributed by atoms with E-state index < -0.39 is 9.84 Å². The van der Waals surface area contributed by atoms with Crippen molar-refractivity contribution in [2.75, 3.05) is 24.6 Å². The fourth-order valence-electron chi connectivity index (χ4n) is 2.51. The van der Waals surface area contributed by atoms with E-state index in [0.717, 1.165) is 25.5 Å². The van der Waals surface area contributed by atoms with Crippen molar-refractivity contribution in [3.63, 3.8) is 0 Å². The van der Waals surface area contributed by atoms with Crippen molar-refractivity contribution in [1.82, 2.24) is 10.6 Å². The van der Waals surface area contributed by atoms with E-state index in [1.165, 1.54) is 4.88 Å². The number of nitrogens with one attached hydrogen (secondary N) is 2. The lowest BCUT2D eigenvalue weighted by Crippen LogP contribution is -2.44. The van der Waals surface area contributed by atoms with E-state index in [1.807, 2.05) is 6.92 Å². The number of hydrogen-bond donors (Lipinski definition) is 2. The molecule has 0 spiro atoms. The standard InChI is InChI=1S/C15H25N3O2S2/c1-3-16-15(18-13-6-8-22(19,20)11-13)17-10-12(2)9-14-5-4-7-21-14/h4-5,7,12-13H,3,6,8-11H2,1-2H3,(H2,16,17,18). The quantitative estimate of drug-likeness (QED) is 0.609. The largest absolute Gasteiger partial charge is 0.357 e.